The molecule has 0 bridgehead atoms. The predicted molar refractivity (Wildman–Crippen MR) is 57.0 cm³/mol. The number of Topliss-reactive ketones (excluding diaryl/α,β-unsaturated/α-hetero) is 1. The number of hydrogen-bond acceptors (Lipinski definition) is 3. The molecular formula is C11H11ClO3. The number of hydrogen-bond donors (Lipinski definition) is 0. The molecule has 0 spiro atoms. The van der Waals surface area contributed by atoms with Gasteiger partial charge in [0.15, 0.2) is 0 Å². The van der Waals surface area contributed by atoms with Crippen molar-refractivity contribution >= 4 is 23.4 Å². The number of esters is 1. The minimum Gasteiger partial charge on any atom is -0.458 e. The van der Waals surface area contributed by atoms with Crippen molar-refractivity contribution in [3.8, 4) is 0 Å². The summed E-state index contributed by atoms with van der Waals surface area (Å²) < 4.78 is 4.70. The summed E-state index contributed by atoms with van der Waals surface area (Å²) >= 11 is 5.58. The second-order valence-corrected chi connectivity index (χ2v) is 3.82. The maximum absolute atomic E-state index is 11.4. The van der Waals surface area contributed by atoms with Crippen LogP contribution >= 0.6 is 11.6 Å². The maximum Gasteiger partial charge on any atom is 0.379 e. The van der Waals surface area contributed by atoms with Crippen LogP contribution in [0.4, 0.5) is 0 Å². The van der Waals surface area contributed by atoms with Crippen LogP contribution in [0.3, 0.4) is 0 Å². The van der Waals surface area contributed by atoms with Crippen molar-refractivity contribution in [2.75, 3.05) is 6.61 Å². The van der Waals surface area contributed by atoms with Crippen molar-refractivity contribution in [3.63, 3.8) is 0 Å². The topological polar surface area (TPSA) is 43.4 Å². The molecule has 0 saturated carbocycles. The van der Waals surface area contributed by atoms with E-state index in [0.29, 0.717) is 5.56 Å². The standard InChI is InChI=1S/C11H11ClO3/c1-8(12)7-15-11(14)10(13)9-5-3-2-4-6-9/h2-6,8H,7H2,1H3. The smallest absolute Gasteiger partial charge is 0.379 e. The minimum absolute atomic E-state index is 0.0406. The summed E-state index contributed by atoms with van der Waals surface area (Å²) in [7, 11) is 0. The molecule has 0 heterocycles. The molecule has 80 valence electrons. The zero-order valence-electron chi connectivity index (χ0n) is 8.27. The number of halogens is 1. The molecule has 1 rings (SSSR count). The fraction of sp³-hybridized carbons (Fsp3) is 0.273. The van der Waals surface area contributed by atoms with Gasteiger partial charge in [-0.2, -0.15) is 0 Å². The Balaban J connectivity index is 2.58. The van der Waals surface area contributed by atoms with Crippen LogP contribution in [0.1, 0.15) is 17.3 Å². The molecule has 0 aliphatic heterocycles. The highest BCUT2D eigenvalue weighted by atomic mass is 35.5. The van der Waals surface area contributed by atoms with Gasteiger partial charge < -0.3 is 4.74 Å². The molecule has 1 aromatic rings. The Hall–Kier alpha value is -1.35. The molecule has 0 aromatic heterocycles. The van der Waals surface area contributed by atoms with Crippen LogP contribution in [0.15, 0.2) is 30.3 Å². The van der Waals surface area contributed by atoms with Gasteiger partial charge in [0, 0.05) is 5.56 Å². The Kier molecular flexibility index (Phi) is 4.31. The van der Waals surface area contributed by atoms with Crippen molar-refractivity contribution in [2.45, 2.75) is 12.3 Å². The molecule has 0 aliphatic carbocycles. The first kappa shape index (κ1) is 11.7. The Labute approximate surface area is 93.0 Å². The second kappa shape index (κ2) is 5.51. The monoisotopic (exact) mass is 226 g/mol. The zero-order chi connectivity index (χ0) is 11.3. The second-order valence-electron chi connectivity index (χ2n) is 3.07. The lowest BCUT2D eigenvalue weighted by atomic mass is 10.1. The molecule has 0 N–H and O–H groups in total. The van der Waals surface area contributed by atoms with Gasteiger partial charge in [-0.25, -0.2) is 4.79 Å². The summed E-state index contributed by atoms with van der Waals surface area (Å²) in [4.78, 5) is 22.7. The Morgan fingerprint density at radius 1 is 1.33 bits per heavy atom. The zero-order valence-corrected chi connectivity index (χ0v) is 9.03. The number of ether oxygens (including phenoxy) is 1. The molecule has 1 aromatic carbocycles. The van der Waals surface area contributed by atoms with Crippen LogP contribution in [0.25, 0.3) is 0 Å². The van der Waals surface area contributed by atoms with Crippen molar-refractivity contribution in [3.05, 3.63) is 35.9 Å². The van der Waals surface area contributed by atoms with Crippen molar-refractivity contribution in [1.82, 2.24) is 0 Å². The SMILES string of the molecule is CC(Cl)COC(=O)C(=O)c1ccccc1. The van der Waals surface area contributed by atoms with E-state index in [1.54, 1.807) is 37.3 Å². The van der Waals surface area contributed by atoms with E-state index in [2.05, 4.69) is 0 Å². The van der Waals surface area contributed by atoms with Crippen molar-refractivity contribution in [2.24, 2.45) is 0 Å². The van der Waals surface area contributed by atoms with E-state index in [0.717, 1.165) is 0 Å². The average molecular weight is 227 g/mol. The lowest BCUT2D eigenvalue weighted by Crippen LogP contribution is -2.20. The van der Waals surface area contributed by atoms with E-state index < -0.39 is 11.8 Å². The number of carbonyl (C=O) groups excluding carboxylic acids is 2. The van der Waals surface area contributed by atoms with Crippen LogP contribution in [0.5, 0.6) is 0 Å². The molecule has 0 amide bonds. The van der Waals surface area contributed by atoms with Gasteiger partial charge in [-0.3, -0.25) is 4.79 Å². The molecule has 1 unspecified atom stereocenters. The first-order valence-electron chi connectivity index (χ1n) is 4.52. The maximum atomic E-state index is 11.4. The van der Waals surface area contributed by atoms with Crippen LogP contribution in [-0.4, -0.2) is 23.7 Å². The third kappa shape index (κ3) is 3.72. The third-order valence-corrected chi connectivity index (χ3v) is 1.79. The Bertz CT molecular complexity index is 346. The summed E-state index contributed by atoms with van der Waals surface area (Å²) in [5.41, 5.74) is 0.324. The van der Waals surface area contributed by atoms with E-state index in [9.17, 15) is 9.59 Å². The largest absolute Gasteiger partial charge is 0.458 e. The highest BCUT2D eigenvalue weighted by Crippen LogP contribution is 2.02. The van der Waals surface area contributed by atoms with E-state index in [-0.39, 0.29) is 12.0 Å². The van der Waals surface area contributed by atoms with Gasteiger partial charge >= 0.3 is 5.97 Å². The van der Waals surface area contributed by atoms with Crippen LogP contribution in [0, 0.1) is 0 Å². The molecule has 3 nitrogen and oxygen atoms in total. The van der Waals surface area contributed by atoms with Gasteiger partial charge in [-0.1, -0.05) is 30.3 Å². The van der Waals surface area contributed by atoms with Gasteiger partial charge in [0.05, 0.1) is 5.38 Å². The number of ketones is 1. The molecule has 0 radical (unpaired) electrons. The van der Waals surface area contributed by atoms with E-state index in [4.69, 9.17) is 16.3 Å². The summed E-state index contributed by atoms with van der Waals surface area (Å²) in [5.74, 6) is -1.51. The Morgan fingerprint density at radius 2 is 1.93 bits per heavy atom. The molecule has 4 heteroatoms. The average Bonchev–Trinajstić information content (AvgIpc) is 2.26. The van der Waals surface area contributed by atoms with Crippen LogP contribution in [-0.2, 0) is 9.53 Å². The summed E-state index contributed by atoms with van der Waals surface area (Å²) in [6.07, 6.45) is 0. The minimum atomic E-state index is -0.867. The first-order valence-corrected chi connectivity index (χ1v) is 4.95. The molecular weight excluding hydrogens is 216 g/mol. The predicted octanol–water partition coefficient (Wildman–Crippen LogP) is 2.04. The number of rotatable bonds is 4. The number of carbonyl (C=O) groups is 2. The van der Waals surface area contributed by atoms with Gasteiger partial charge in [0.1, 0.15) is 6.61 Å². The molecule has 0 aliphatic rings. The normalized spacial score (nSPS) is 11.9. The van der Waals surface area contributed by atoms with Gasteiger partial charge in [0.2, 0.25) is 0 Å². The van der Waals surface area contributed by atoms with Gasteiger partial charge in [-0.15, -0.1) is 11.6 Å². The summed E-state index contributed by atoms with van der Waals surface area (Å²) in [6.45, 7) is 1.72. The number of alkyl halides is 1. The van der Waals surface area contributed by atoms with Crippen molar-refractivity contribution in [1.29, 1.82) is 0 Å². The highest BCUT2D eigenvalue weighted by Gasteiger charge is 2.17. The van der Waals surface area contributed by atoms with Gasteiger partial charge in [-0.05, 0) is 6.92 Å². The molecule has 0 saturated heterocycles. The third-order valence-electron chi connectivity index (χ3n) is 1.67. The molecule has 15 heavy (non-hydrogen) atoms. The number of benzene rings is 1. The van der Waals surface area contributed by atoms with Gasteiger partial charge in [0.25, 0.3) is 5.78 Å². The van der Waals surface area contributed by atoms with Crippen molar-refractivity contribution < 1.29 is 14.3 Å². The fourth-order valence-corrected chi connectivity index (χ4v) is 1.03. The van der Waals surface area contributed by atoms with E-state index >= 15 is 0 Å². The first-order chi connectivity index (χ1) is 7.11. The lowest BCUT2D eigenvalue weighted by Gasteiger charge is -2.04. The Morgan fingerprint density at radius 3 is 2.47 bits per heavy atom. The quantitative estimate of drug-likeness (QED) is 0.342. The summed E-state index contributed by atoms with van der Waals surface area (Å²) in [5, 5.41) is -0.294. The molecule has 1 atom stereocenters. The summed E-state index contributed by atoms with van der Waals surface area (Å²) in [6, 6.07) is 8.26. The van der Waals surface area contributed by atoms with Crippen LogP contribution in [0.2, 0.25) is 0 Å². The van der Waals surface area contributed by atoms with Crippen LogP contribution < -0.4 is 0 Å². The van der Waals surface area contributed by atoms with E-state index in [1.807, 2.05) is 0 Å². The highest BCUT2D eigenvalue weighted by molar-refractivity contribution is 6.40. The lowest BCUT2D eigenvalue weighted by molar-refractivity contribution is -0.138. The fourth-order valence-electron chi connectivity index (χ4n) is 0.963. The molecule has 0 fully saturated rings. The van der Waals surface area contributed by atoms with E-state index in [1.165, 1.54) is 0 Å².